The molecule has 3 N–H and O–H groups in total. The van der Waals surface area contributed by atoms with Crippen molar-refractivity contribution in [2.75, 3.05) is 13.1 Å². The molecule has 0 aromatic carbocycles. The van der Waals surface area contributed by atoms with Gasteiger partial charge < -0.3 is 15.7 Å². The molecule has 2 rings (SSSR count). The number of hydrogen-bond donors (Lipinski definition) is 2. The minimum absolute atomic E-state index is 0.122. The van der Waals surface area contributed by atoms with Crippen LogP contribution in [0.3, 0.4) is 0 Å². The van der Waals surface area contributed by atoms with Gasteiger partial charge in [0.15, 0.2) is 0 Å². The molecule has 0 aromatic heterocycles. The quantitative estimate of drug-likeness (QED) is 0.812. The molecular weight excluding hydrogens is 268 g/mol. The van der Waals surface area contributed by atoms with E-state index in [2.05, 4.69) is 0 Å². The molecule has 1 saturated heterocycles. The standard InChI is InChI=1S/C16H28N2O3/c1-12(9-15(20)21)13-5-4-8-18(11-13)14(19)10-16(17)6-2-3-7-16/h12-13H,2-11,17H2,1H3,(H,20,21). The van der Waals surface area contributed by atoms with E-state index in [0.29, 0.717) is 18.9 Å². The van der Waals surface area contributed by atoms with Gasteiger partial charge in [0.2, 0.25) is 5.91 Å². The number of carboxylic acids is 1. The zero-order chi connectivity index (χ0) is 15.5. The van der Waals surface area contributed by atoms with E-state index in [9.17, 15) is 9.59 Å². The molecule has 1 amide bonds. The van der Waals surface area contributed by atoms with Gasteiger partial charge in [0.1, 0.15) is 0 Å². The van der Waals surface area contributed by atoms with Crippen molar-refractivity contribution in [1.29, 1.82) is 0 Å². The number of carbonyl (C=O) groups is 2. The highest BCUT2D eigenvalue weighted by Gasteiger charge is 2.35. The van der Waals surface area contributed by atoms with Gasteiger partial charge >= 0.3 is 5.97 Å². The largest absolute Gasteiger partial charge is 0.481 e. The molecule has 5 heteroatoms. The first-order valence-corrected chi connectivity index (χ1v) is 8.18. The Kier molecular flexibility index (Phi) is 5.25. The molecule has 0 radical (unpaired) electrons. The smallest absolute Gasteiger partial charge is 0.303 e. The van der Waals surface area contributed by atoms with Gasteiger partial charge in [-0.15, -0.1) is 0 Å². The molecule has 21 heavy (non-hydrogen) atoms. The summed E-state index contributed by atoms with van der Waals surface area (Å²) in [5, 5.41) is 8.92. The molecular formula is C16H28N2O3. The predicted molar refractivity (Wildman–Crippen MR) is 80.7 cm³/mol. The molecule has 2 unspecified atom stereocenters. The third-order valence-corrected chi connectivity index (χ3v) is 5.21. The maximum Gasteiger partial charge on any atom is 0.303 e. The lowest BCUT2D eigenvalue weighted by Gasteiger charge is -2.37. The Labute approximate surface area is 126 Å². The van der Waals surface area contributed by atoms with E-state index < -0.39 is 5.97 Å². The van der Waals surface area contributed by atoms with Crippen molar-refractivity contribution in [2.45, 2.75) is 63.8 Å². The van der Waals surface area contributed by atoms with E-state index in [4.69, 9.17) is 10.8 Å². The van der Waals surface area contributed by atoms with Gasteiger partial charge in [-0.2, -0.15) is 0 Å². The summed E-state index contributed by atoms with van der Waals surface area (Å²) in [6.45, 7) is 3.47. The van der Waals surface area contributed by atoms with Crippen LogP contribution >= 0.6 is 0 Å². The molecule has 120 valence electrons. The molecule has 2 atom stereocenters. The second kappa shape index (κ2) is 6.77. The topological polar surface area (TPSA) is 83.6 Å². The van der Waals surface area contributed by atoms with Crippen molar-refractivity contribution in [3.8, 4) is 0 Å². The summed E-state index contributed by atoms with van der Waals surface area (Å²) in [5.74, 6) is -0.169. The van der Waals surface area contributed by atoms with Crippen LogP contribution in [-0.4, -0.2) is 40.5 Å². The van der Waals surface area contributed by atoms with Gasteiger partial charge in [-0.25, -0.2) is 0 Å². The number of rotatable bonds is 5. The maximum absolute atomic E-state index is 12.5. The fraction of sp³-hybridized carbons (Fsp3) is 0.875. The molecule has 2 aliphatic rings. The van der Waals surface area contributed by atoms with Crippen molar-refractivity contribution in [3.63, 3.8) is 0 Å². The SMILES string of the molecule is CC(CC(=O)O)C1CCCN(C(=O)CC2(N)CCCC2)C1. The normalized spacial score (nSPS) is 26.6. The van der Waals surface area contributed by atoms with Crippen molar-refractivity contribution < 1.29 is 14.7 Å². The molecule has 1 aliphatic heterocycles. The second-order valence-electron chi connectivity index (χ2n) is 7.06. The van der Waals surface area contributed by atoms with Crippen molar-refractivity contribution in [1.82, 2.24) is 4.90 Å². The van der Waals surface area contributed by atoms with Gasteiger partial charge in [-0.1, -0.05) is 19.8 Å². The van der Waals surface area contributed by atoms with E-state index >= 15 is 0 Å². The number of amides is 1. The summed E-state index contributed by atoms with van der Waals surface area (Å²) in [4.78, 5) is 25.2. The first-order valence-electron chi connectivity index (χ1n) is 8.18. The van der Waals surface area contributed by atoms with Gasteiger partial charge in [-0.05, 0) is 37.5 Å². The summed E-state index contributed by atoms with van der Waals surface area (Å²) in [6, 6.07) is 0. The monoisotopic (exact) mass is 296 g/mol. The van der Waals surface area contributed by atoms with Crippen LogP contribution in [0, 0.1) is 11.8 Å². The zero-order valence-corrected chi connectivity index (χ0v) is 13.0. The molecule has 1 heterocycles. The lowest BCUT2D eigenvalue weighted by molar-refractivity contribution is -0.138. The lowest BCUT2D eigenvalue weighted by Crippen LogP contribution is -2.47. The highest BCUT2D eigenvalue weighted by atomic mass is 16.4. The van der Waals surface area contributed by atoms with Crippen LogP contribution < -0.4 is 5.73 Å². The Morgan fingerprint density at radius 2 is 2.00 bits per heavy atom. The summed E-state index contributed by atoms with van der Waals surface area (Å²) in [7, 11) is 0. The molecule has 0 bridgehead atoms. The Balaban J connectivity index is 1.88. The molecule has 1 aliphatic carbocycles. The highest BCUT2D eigenvalue weighted by molar-refractivity contribution is 5.77. The van der Waals surface area contributed by atoms with Crippen LogP contribution in [0.2, 0.25) is 0 Å². The van der Waals surface area contributed by atoms with Crippen molar-refractivity contribution in [3.05, 3.63) is 0 Å². The number of nitrogens with zero attached hydrogens (tertiary/aromatic N) is 1. The minimum Gasteiger partial charge on any atom is -0.481 e. The van der Waals surface area contributed by atoms with Crippen LogP contribution in [0.25, 0.3) is 0 Å². The van der Waals surface area contributed by atoms with Crippen LogP contribution in [-0.2, 0) is 9.59 Å². The van der Waals surface area contributed by atoms with Crippen LogP contribution in [0.4, 0.5) is 0 Å². The first kappa shape index (κ1) is 16.3. The number of piperidine rings is 1. The van der Waals surface area contributed by atoms with E-state index in [-0.39, 0.29) is 23.8 Å². The Hall–Kier alpha value is -1.10. The van der Waals surface area contributed by atoms with Crippen LogP contribution in [0.15, 0.2) is 0 Å². The van der Waals surface area contributed by atoms with Crippen molar-refractivity contribution >= 4 is 11.9 Å². The number of carboxylic acid groups (broad SMARTS) is 1. The van der Waals surface area contributed by atoms with Crippen LogP contribution in [0.5, 0.6) is 0 Å². The predicted octanol–water partition coefficient (Wildman–Crippen LogP) is 2.00. The fourth-order valence-corrected chi connectivity index (χ4v) is 3.81. The average Bonchev–Trinajstić information content (AvgIpc) is 2.84. The number of hydrogen-bond acceptors (Lipinski definition) is 3. The van der Waals surface area contributed by atoms with Gasteiger partial charge in [-0.3, -0.25) is 9.59 Å². The van der Waals surface area contributed by atoms with Gasteiger partial charge in [0, 0.05) is 31.5 Å². The lowest BCUT2D eigenvalue weighted by atomic mass is 9.84. The molecule has 2 fully saturated rings. The second-order valence-corrected chi connectivity index (χ2v) is 7.06. The Bertz CT molecular complexity index is 391. The number of nitrogens with two attached hydrogens (primary N) is 1. The highest BCUT2D eigenvalue weighted by Crippen LogP contribution is 2.32. The average molecular weight is 296 g/mol. The maximum atomic E-state index is 12.5. The summed E-state index contributed by atoms with van der Waals surface area (Å²) in [5.41, 5.74) is 6.01. The van der Waals surface area contributed by atoms with E-state index in [0.717, 1.165) is 45.1 Å². The van der Waals surface area contributed by atoms with Gasteiger partial charge in [0.25, 0.3) is 0 Å². The molecule has 1 saturated carbocycles. The third-order valence-electron chi connectivity index (χ3n) is 5.21. The Morgan fingerprint density at radius 3 is 2.62 bits per heavy atom. The van der Waals surface area contributed by atoms with E-state index in [1.807, 2.05) is 11.8 Å². The third kappa shape index (κ3) is 4.43. The van der Waals surface area contributed by atoms with E-state index in [1.54, 1.807) is 0 Å². The molecule has 5 nitrogen and oxygen atoms in total. The zero-order valence-electron chi connectivity index (χ0n) is 13.0. The summed E-state index contributed by atoms with van der Waals surface area (Å²) in [6.07, 6.45) is 6.78. The summed E-state index contributed by atoms with van der Waals surface area (Å²) >= 11 is 0. The van der Waals surface area contributed by atoms with E-state index in [1.165, 1.54) is 0 Å². The fourth-order valence-electron chi connectivity index (χ4n) is 3.81. The molecule has 0 spiro atoms. The number of aliphatic carboxylic acids is 1. The van der Waals surface area contributed by atoms with Crippen molar-refractivity contribution in [2.24, 2.45) is 17.6 Å². The number of carbonyl (C=O) groups excluding carboxylic acids is 1. The Morgan fingerprint density at radius 1 is 1.33 bits per heavy atom. The van der Waals surface area contributed by atoms with Crippen LogP contribution in [0.1, 0.15) is 58.3 Å². The minimum atomic E-state index is -0.752. The summed E-state index contributed by atoms with van der Waals surface area (Å²) < 4.78 is 0. The number of likely N-dealkylation sites (tertiary alicyclic amines) is 1. The molecule has 0 aromatic rings. The first-order chi connectivity index (χ1) is 9.89. The van der Waals surface area contributed by atoms with Gasteiger partial charge in [0.05, 0.1) is 0 Å².